The zero-order valence-electron chi connectivity index (χ0n) is 13.1. The highest BCUT2D eigenvalue weighted by Crippen LogP contribution is 2.30. The SMILES string of the molecule is Cc1cc(C)c2c(c1)C(=O)C(=Cc1cccc([N+](=O)[O-])c1)CC2. The average molecular weight is 307 g/mol. The van der Waals surface area contributed by atoms with Crippen LogP contribution >= 0.6 is 0 Å². The molecule has 1 aliphatic carbocycles. The number of Topliss-reactive ketones (excluding diaryl/α,β-unsaturated/α-hetero) is 1. The molecule has 0 amide bonds. The first-order valence-corrected chi connectivity index (χ1v) is 7.55. The fourth-order valence-electron chi connectivity index (χ4n) is 3.15. The molecule has 1 aliphatic rings. The molecule has 0 fully saturated rings. The minimum absolute atomic E-state index is 0.0320. The van der Waals surface area contributed by atoms with Crippen LogP contribution in [-0.2, 0) is 6.42 Å². The van der Waals surface area contributed by atoms with E-state index >= 15 is 0 Å². The van der Waals surface area contributed by atoms with Gasteiger partial charge in [0.25, 0.3) is 5.69 Å². The van der Waals surface area contributed by atoms with E-state index in [0.29, 0.717) is 17.6 Å². The molecule has 0 saturated carbocycles. The van der Waals surface area contributed by atoms with E-state index in [-0.39, 0.29) is 11.5 Å². The molecule has 0 saturated heterocycles. The smallest absolute Gasteiger partial charge is 0.270 e. The van der Waals surface area contributed by atoms with Crippen molar-refractivity contribution in [2.24, 2.45) is 0 Å². The number of hydrogen-bond acceptors (Lipinski definition) is 3. The third kappa shape index (κ3) is 2.93. The highest BCUT2D eigenvalue weighted by molar-refractivity contribution is 6.13. The Kier molecular flexibility index (Phi) is 3.82. The summed E-state index contributed by atoms with van der Waals surface area (Å²) < 4.78 is 0. The predicted octanol–water partition coefficient (Wildman–Crippen LogP) is 4.42. The number of ketones is 1. The average Bonchev–Trinajstić information content (AvgIpc) is 2.51. The first kappa shape index (κ1) is 15.2. The number of nitrogens with zero attached hydrogens (tertiary/aromatic N) is 1. The van der Waals surface area contributed by atoms with E-state index in [9.17, 15) is 14.9 Å². The second kappa shape index (κ2) is 5.80. The van der Waals surface area contributed by atoms with Gasteiger partial charge < -0.3 is 0 Å². The lowest BCUT2D eigenvalue weighted by Crippen LogP contribution is -2.15. The van der Waals surface area contributed by atoms with E-state index in [2.05, 4.69) is 6.07 Å². The van der Waals surface area contributed by atoms with Gasteiger partial charge in [0.2, 0.25) is 0 Å². The van der Waals surface area contributed by atoms with E-state index in [1.807, 2.05) is 19.9 Å². The number of fused-ring (bicyclic) bond motifs is 1. The quantitative estimate of drug-likeness (QED) is 0.468. The molecule has 2 aromatic rings. The summed E-state index contributed by atoms with van der Waals surface area (Å²) in [6, 6.07) is 10.4. The number of allylic oxidation sites excluding steroid dienone is 1. The van der Waals surface area contributed by atoms with Crippen LogP contribution in [0.15, 0.2) is 42.0 Å². The van der Waals surface area contributed by atoms with Gasteiger partial charge in [-0.25, -0.2) is 0 Å². The van der Waals surface area contributed by atoms with Gasteiger partial charge in [0.15, 0.2) is 5.78 Å². The Morgan fingerprint density at radius 2 is 1.91 bits per heavy atom. The van der Waals surface area contributed by atoms with Gasteiger partial charge in [-0.3, -0.25) is 14.9 Å². The summed E-state index contributed by atoms with van der Waals surface area (Å²) in [7, 11) is 0. The Balaban J connectivity index is 2.01. The van der Waals surface area contributed by atoms with Crippen molar-refractivity contribution in [3.8, 4) is 0 Å². The van der Waals surface area contributed by atoms with E-state index in [4.69, 9.17) is 0 Å². The van der Waals surface area contributed by atoms with Crippen LogP contribution in [0, 0.1) is 24.0 Å². The number of carbonyl (C=O) groups is 1. The van der Waals surface area contributed by atoms with Crippen LogP contribution < -0.4 is 0 Å². The second-order valence-corrected chi connectivity index (χ2v) is 5.96. The topological polar surface area (TPSA) is 60.2 Å². The molecule has 116 valence electrons. The lowest BCUT2D eigenvalue weighted by molar-refractivity contribution is -0.384. The number of hydrogen-bond donors (Lipinski definition) is 0. The number of non-ortho nitro benzene ring substituents is 1. The Labute approximate surface area is 134 Å². The standard InChI is InChI=1S/C19H17NO3/c1-12-8-13(2)17-7-6-15(19(21)18(17)9-12)10-14-4-3-5-16(11-14)20(22)23/h3-5,8-11H,6-7H2,1-2H3. The minimum Gasteiger partial charge on any atom is -0.289 e. The first-order chi connectivity index (χ1) is 11.0. The van der Waals surface area contributed by atoms with Crippen LogP contribution in [0.5, 0.6) is 0 Å². The lowest BCUT2D eigenvalue weighted by atomic mass is 9.83. The number of rotatable bonds is 2. The molecule has 0 bridgehead atoms. The van der Waals surface area contributed by atoms with Gasteiger partial charge in [0.1, 0.15) is 0 Å². The Morgan fingerprint density at radius 1 is 1.13 bits per heavy atom. The molecule has 0 atom stereocenters. The van der Waals surface area contributed by atoms with E-state index in [1.165, 1.54) is 12.1 Å². The summed E-state index contributed by atoms with van der Waals surface area (Å²) >= 11 is 0. The highest BCUT2D eigenvalue weighted by atomic mass is 16.6. The number of nitro benzene ring substituents is 1. The summed E-state index contributed by atoms with van der Waals surface area (Å²) in [6.45, 7) is 4.02. The summed E-state index contributed by atoms with van der Waals surface area (Å²) in [6.07, 6.45) is 3.27. The van der Waals surface area contributed by atoms with Crippen LogP contribution in [0.3, 0.4) is 0 Å². The molecule has 3 rings (SSSR count). The van der Waals surface area contributed by atoms with Gasteiger partial charge in [-0.1, -0.05) is 23.8 Å². The molecular formula is C19H17NO3. The molecule has 0 aliphatic heterocycles. The van der Waals surface area contributed by atoms with Crippen molar-refractivity contribution in [1.29, 1.82) is 0 Å². The molecule has 0 heterocycles. The second-order valence-electron chi connectivity index (χ2n) is 5.96. The first-order valence-electron chi connectivity index (χ1n) is 7.55. The van der Waals surface area contributed by atoms with Crippen molar-refractivity contribution in [3.05, 3.63) is 79.9 Å². The maximum Gasteiger partial charge on any atom is 0.270 e. The molecule has 0 N–H and O–H groups in total. The third-order valence-corrected chi connectivity index (χ3v) is 4.22. The van der Waals surface area contributed by atoms with Crippen LogP contribution in [0.4, 0.5) is 5.69 Å². The maximum absolute atomic E-state index is 12.7. The van der Waals surface area contributed by atoms with Gasteiger partial charge in [0, 0.05) is 23.3 Å². The molecule has 2 aromatic carbocycles. The number of nitro groups is 1. The zero-order valence-corrected chi connectivity index (χ0v) is 13.1. The predicted molar refractivity (Wildman–Crippen MR) is 89.6 cm³/mol. The van der Waals surface area contributed by atoms with E-state index < -0.39 is 4.92 Å². The fraction of sp³-hybridized carbons (Fsp3) is 0.211. The van der Waals surface area contributed by atoms with Crippen LogP contribution in [0.25, 0.3) is 6.08 Å². The van der Waals surface area contributed by atoms with Crippen LogP contribution in [-0.4, -0.2) is 10.7 Å². The lowest BCUT2D eigenvalue weighted by Gasteiger charge is -2.20. The van der Waals surface area contributed by atoms with Gasteiger partial charge in [-0.15, -0.1) is 0 Å². The third-order valence-electron chi connectivity index (χ3n) is 4.22. The fourth-order valence-corrected chi connectivity index (χ4v) is 3.15. The van der Waals surface area contributed by atoms with Crippen molar-refractivity contribution >= 4 is 17.5 Å². The van der Waals surface area contributed by atoms with E-state index in [1.54, 1.807) is 18.2 Å². The molecule has 4 heteroatoms. The minimum atomic E-state index is -0.424. The van der Waals surface area contributed by atoms with Gasteiger partial charge in [-0.05, 0) is 55.5 Å². The Morgan fingerprint density at radius 3 is 2.65 bits per heavy atom. The van der Waals surface area contributed by atoms with Crippen LogP contribution in [0.1, 0.15) is 39.0 Å². The van der Waals surface area contributed by atoms with Crippen molar-refractivity contribution in [2.45, 2.75) is 26.7 Å². The molecular weight excluding hydrogens is 290 g/mol. The molecule has 0 aromatic heterocycles. The molecule has 4 nitrogen and oxygen atoms in total. The maximum atomic E-state index is 12.7. The van der Waals surface area contributed by atoms with Crippen molar-refractivity contribution in [2.75, 3.05) is 0 Å². The molecule has 23 heavy (non-hydrogen) atoms. The monoisotopic (exact) mass is 307 g/mol. The summed E-state index contributed by atoms with van der Waals surface area (Å²) in [5, 5.41) is 10.9. The van der Waals surface area contributed by atoms with Crippen molar-refractivity contribution in [3.63, 3.8) is 0 Å². The zero-order chi connectivity index (χ0) is 16.6. The number of aryl methyl sites for hydroxylation is 2. The number of carbonyl (C=O) groups excluding carboxylic acids is 1. The molecule has 0 radical (unpaired) electrons. The molecule has 0 unspecified atom stereocenters. The largest absolute Gasteiger partial charge is 0.289 e. The van der Waals surface area contributed by atoms with Crippen molar-refractivity contribution in [1.82, 2.24) is 0 Å². The van der Waals surface area contributed by atoms with Crippen molar-refractivity contribution < 1.29 is 9.72 Å². The Bertz CT molecular complexity index is 850. The van der Waals surface area contributed by atoms with E-state index in [0.717, 1.165) is 28.7 Å². The number of benzene rings is 2. The van der Waals surface area contributed by atoms with Gasteiger partial charge in [-0.2, -0.15) is 0 Å². The van der Waals surface area contributed by atoms with Gasteiger partial charge in [0.05, 0.1) is 4.92 Å². The highest BCUT2D eigenvalue weighted by Gasteiger charge is 2.23. The summed E-state index contributed by atoms with van der Waals surface area (Å²) in [5.41, 5.74) is 5.56. The Hall–Kier alpha value is -2.75. The van der Waals surface area contributed by atoms with Gasteiger partial charge >= 0.3 is 0 Å². The normalized spacial score (nSPS) is 15.6. The van der Waals surface area contributed by atoms with Crippen LogP contribution in [0.2, 0.25) is 0 Å². The summed E-state index contributed by atoms with van der Waals surface area (Å²) in [4.78, 5) is 23.2. The molecule has 0 spiro atoms. The summed E-state index contributed by atoms with van der Waals surface area (Å²) in [5.74, 6) is 0.0320.